The minimum atomic E-state index is -4.81. The Hall–Kier alpha value is -1.62. The standard InChI is InChI=1S/C17H15Cl2F3N2O3S2/c1-24(2)16(25)9-28-15-6-3-10(18)7-14(15)23-29(26,27)11-4-5-13(19)12(8-11)17(20,21)22/h3-8,23H,9H2,1-2H3. The van der Waals surface area contributed by atoms with Crippen molar-refractivity contribution in [3.63, 3.8) is 0 Å². The number of anilines is 1. The van der Waals surface area contributed by atoms with Crippen LogP contribution in [0.25, 0.3) is 0 Å². The van der Waals surface area contributed by atoms with Gasteiger partial charge in [-0.3, -0.25) is 9.52 Å². The molecule has 5 nitrogen and oxygen atoms in total. The molecule has 158 valence electrons. The summed E-state index contributed by atoms with van der Waals surface area (Å²) in [6.07, 6.45) is -4.81. The van der Waals surface area contributed by atoms with E-state index in [2.05, 4.69) is 4.72 Å². The topological polar surface area (TPSA) is 66.5 Å². The Kier molecular flexibility index (Phi) is 7.37. The molecule has 29 heavy (non-hydrogen) atoms. The van der Waals surface area contributed by atoms with Gasteiger partial charge in [0.15, 0.2) is 0 Å². The molecule has 0 aliphatic heterocycles. The van der Waals surface area contributed by atoms with Gasteiger partial charge in [-0.1, -0.05) is 23.2 Å². The van der Waals surface area contributed by atoms with E-state index in [1.165, 1.54) is 23.1 Å². The van der Waals surface area contributed by atoms with Crippen molar-refractivity contribution < 1.29 is 26.4 Å². The third kappa shape index (κ3) is 6.18. The van der Waals surface area contributed by atoms with Crippen LogP contribution >= 0.6 is 35.0 Å². The number of thioether (sulfide) groups is 1. The first kappa shape index (κ1) is 23.7. The second-order valence-corrected chi connectivity index (χ2v) is 9.51. The van der Waals surface area contributed by atoms with Crippen molar-refractivity contribution in [3.8, 4) is 0 Å². The van der Waals surface area contributed by atoms with Crippen molar-refractivity contribution >= 4 is 56.6 Å². The maximum Gasteiger partial charge on any atom is 0.417 e. The minimum Gasteiger partial charge on any atom is -0.348 e. The summed E-state index contributed by atoms with van der Waals surface area (Å²) in [7, 11) is -1.23. The number of benzene rings is 2. The molecule has 0 spiro atoms. The second-order valence-electron chi connectivity index (χ2n) is 5.96. The van der Waals surface area contributed by atoms with Gasteiger partial charge in [0, 0.05) is 24.0 Å². The highest BCUT2D eigenvalue weighted by Crippen LogP contribution is 2.37. The van der Waals surface area contributed by atoms with Gasteiger partial charge in [-0.05, 0) is 36.4 Å². The van der Waals surface area contributed by atoms with Crippen molar-refractivity contribution in [2.45, 2.75) is 16.0 Å². The van der Waals surface area contributed by atoms with E-state index in [9.17, 15) is 26.4 Å². The zero-order valence-electron chi connectivity index (χ0n) is 15.0. The number of halogens is 5. The van der Waals surface area contributed by atoms with Crippen LogP contribution in [-0.2, 0) is 21.0 Å². The molecule has 0 aliphatic carbocycles. The van der Waals surface area contributed by atoms with Gasteiger partial charge in [0.2, 0.25) is 5.91 Å². The molecule has 0 unspecified atom stereocenters. The van der Waals surface area contributed by atoms with E-state index < -0.39 is 31.7 Å². The van der Waals surface area contributed by atoms with Crippen molar-refractivity contribution in [1.29, 1.82) is 0 Å². The Morgan fingerprint density at radius 1 is 1.14 bits per heavy atom. The number of rotatable bonds is 6. The van der Waals surface area contributed by atoms with E-state index in [1.54, 1.807) is 14.1 Å². The van der Waals surface area contributed by atoms with Gasteiger partial charge >= 0.3 is 6.18 Å². The Morgan fingerprint density at radius 2 is 1.79 bits per heavy atom. The van der Waals surface area contributed by atoms with Crippen molar-refractivity contribution in [1.82, 2.24) is 4.90 Å². The monoisotopic (exact) mass is 486 g/mol. The van der Waals surface area contributed by atoms with Crippen LogP contribution in [0.3, 0.4) is 0 Å². The maximum atomic E-state index is 13.0. The summed E-state index contributed by atoms with van der Waals surface area (Å²) >= 11 is 12.5. The lowest BCUT2D eigenvalue weighted by Crippen LogP contribution is -2.23. The summed E-state index contributed by atoms with van der Waals surface area (Å²) in [5, 5.41) is -0.407. The molecule has 2 rings (SSSR count). The number of amides is 1. The fourth-order valence-electron chi connectivity index (χ4n) is 2.07. The lowest BCUT2D eigenvalue weighted by Gasteiger charge is -2.15. The first-order chi connectivity index (χ1) is 13.3. The third-order valence-electron chi connectivity index (χ3n) is 3.59. The third-order valence-corrected chi connectivity index (χ3v) is 6.58. The molecule has 0 aromatic heterocycles. The van der Waals surface area contributed by atoms with Gasteiger partial charge in [0.05, 0.1) is 26.9 Å². The van der Waals surface area contributed by atoms with E-state index >= 15 is 0 Å². The molecule has 12 heteroatoms. The van der Waals surface area contributed by atoms with Gasteiger partial charge in [-0.2, -0.15) is 13.2 Å². The summed E-state index contributed by atoms with van der Waals surface area (Å²) in [6, 6.07) is 6.61. The number of carbonyl (C=O) groups is 1. The highest BCUT2D eigenvalue weighted by Gasteiger charge is 2.34. The van der Waals surface area contributed by atoms with E-state index in [-0.39, 0.29) is 22.4 Å². The smallest absolute Gasteiger partial charge is 0.348 e. The molecular weight excluding hydrogens is 472 g/mol. The van der Waals surface area contributed by atoms with Gasteiger partial charge < -0.3 is 4.90 Å². The molecule has 0 radical (unpaired) electrons. The van der Waals surface area contributed by atoms with Crippen LogP contribution < -0.4 is 4.72 Å². The largest absolute Gasteiger partial charge is 0.417 e. The number of nitrogens with one attached hydrogen (secondary N) is 1. The Morgan fingerprint density at radius 3 is 2.38 bits per heavy atom. The number of hydrogen-bond donors (Lipinski definition) is 1. The zero-order valence-corrected chi connectivity index (χ0v) is 18.2. The minimum absolute atomic E-state index is 0.0303. The molecule has 0 atom stereocenters. The summed E-state index contributed by atoms with van der Waals surface area (Å²) in [5.74, 6) is -0.172. The SMILES string of the molecule is CN(C)C(=O)CSc1ccc(Cl)cc1NS(=O)(=O)c1ccc(Cl)c(C(F)(F)F)c1. The van der Waals surface area contributed by atoms with Gasteiger partial charge in [-0.15, -0.1) is 11.8 Å². The lowest BCUT2D eigenvalue weighted by atomic mass is 10.2. The van der Waals surface area contributed by atoms with Crippen LogP contribution in [0.15, 0.2) is 46.2 Å². The summed E-state index contributed by atoms with van der Waals surface area (Å²) in [4.78, 5) is 12.9. The highest BCUT2D eigenvalue weighted by atomic mass is 35.5. The number of nitrogens with zero attached hydrogens (tertiary/aromatic N) is 1. The molecule has 0 saturated heterocycles. The molecular formula is C17H15Cl2F3N2O3S2. The Labute approximate surface area is 180 Å². The Bertz CT molecular complexity index is 1030. The first-order valence-corrected chi connectivity index (χ1v) is 11.1. The number of hydrogen-bond acceptors (Lipinski definition) is 4. The summed E-state index contributed by atoms with van der Waals surface area (Å²) < 4.78 is 66.7. The normalized spacial score (nSPS) is 12.0. The van der Waals surface area contributed by atoms with Gasteiger partial charge in [0.25, 0.3) is 10.0 Å². The van der Waals surface area contributed by atoms with E-state index in [4.69, 9.17) is 23.2 Å². The molecule has 0 saturated carbocycles. The molecule has 0 bridgehead atoms. The van der Waals surface area contributed by atoms with E-state index in [0.29, 0.717) is 11.0 Å². The fraction of sp³-hybridized carbons (Fsp3) is 0.235. The van der Waals surface area contributed by atoms with Crippen molar-refractivity contribution in [2.75, 3.05) is 24.6 Å². The number of alkyl halides is 3. The lowest BCUT2D eigenvalue weighted by molar-refractivity contribution is -0.137. The van der Waals surface area contributed by atoms with Crippen LogP contribution in [0.2, 0.25) is 10.0 Å². The average Bonchev–Trinajstić information content (AvgIpc) is 2.59. The first-order valence-electron chi connectivity index (χ1n) is 7.83. The molecule has 0 aliphatic rings. The molecule has 2 aromatic carbocycles. The zero-order chi connectivity index (χ0) is 22.0. The van der Waals surface area contributed by atoms with Crippen molar-refractivity contribution in [2.24, 2.45) is 0 Å². The van der Waals surface area contributed by atoms with E-state index in [1.807, 2.05) is 0 Å². The van der Waals surface area contributed by atoms with Crippen LogP contribution in [0.5, 0.6) is 0 Å². The van der Waals surface area contributed by atoms with Crippen LogP contribution in [0.4, 0.5) is 18.9 Å². The van der Waals surface area contributed by atoms with Crippen molar-refractivity contribution in [3.05, 3.63) is 52.0 Å². The molecule has 1 N–H and O–H groups in total. The van der Waals surface area contributed by atoms with Gasteiger partial charge in [-0.25, -0.2) is 8.42 Å². The highest BCUT2D eigenvalue weighted by molar-refractivity contribution is 8.00. The predicted octanol–water partition coefficient (Wildman–Crippen LogP) is 4.99. The number of carbonyl (C=O) groups excluding carboxylic acids is 1. The fourth-order valence-corrected chi connectivity index (χ4v) is 4.59. The average molecular weight is 487 g/mol. The molecule has 2 aromatic rings. The molecule has 1 amide bonds. The summed E-state index contributed by atoms with van der Waals surface area (Å²) in [6.45, 7) is 0. The maximum absolute atomic E-state index is 13.0. The molecule has 0 fully saturated rings. The van der Waals surface area contributed by atoms with Gasteiger partial charge in [0.1, 0.15) is 0 Å². The molecule has 0 heterocycles. The predicted molar refractivity (Wildman–Crippen MR) is 108 cm³/mol. The number of sulfonamides is 1. The Balaban J connectivity index is 2.38. The van der Waals surface area contributed by atoms with Crippen LogP contribution in [0.1, 0.15) is 5.56 Å². The van der Waals surface area contributed by atoms with Crippen LogP contribution in [-0.4, -0.2) is 39.1 Å². The quantitative estimate of drug-likeness (QED) is 0.583. The van der Waals surface area contributed by atoms with Crippen LogP contribution in [0, 0.1) is 0 Å². The second kappa shape index (κ2) is 9.03. The van der Waals surface area contributed by atoms with E-state index in [0.717, 1.165) is 23.9 Å². The summed E-state index contributed by atoms with van der Waals surface area (Å²) in [5.41, 5.74) is -1.23.